The second-order valence-electron chi connectivity index (χ2n) is 6.84. The first-order valence-corrected chi connectivity index (χ1v) is 9.49. The molecule has 0 saturated heterocycles. The van der Waals surface area contributed by atoms with Gasteiger partial charge in [-0.2, -0.15) is 0 Å². The molecule has 3 rings (SSSR count). The molecule has 0 heterocycles. The molecular weight excluding hydrogens is 364 g/mol. The van der Waals surface area contributed by atoms with Gasteiger partial charge in [-0.3, -0.25) is 4.79 Å². The highest BCUT2D eigenvalue weighted by Gasteiger charge is 2.32. The van der Waals surface area contributed by atoms with Gasteiger partial charge in [-0.1, -0.05) is 48.5 Å². The highest BCUT2D eigenvalue weighted by atomic mass is 35.5. The maximum atomic E-state index is 12.0. The Balaban J connectivity index is 2.09. The molecule has 1 unspecified atom stereocenters. The van der Waals surface area contributed by atoms with Crippen LogP contribution in [-0.4, -0.2) is 47.5 Å². The molecule has 0 aliphatic heterocycles. The molecule has 2 aromatic rings. The van der Waals surface area contributed by atoms with Gasteiger partial charge in [0.2, 0.25) is 5.91 Å². The van der Waals surface area contributed by atoms with Crippen molar-refractivity contribution in [2.45, 2.75) is 24.8 Å². The topological polar surface area (TPSA) is 69.6 Å². The van der Waals surface area contributed by atoms with Crippen molar-refractivity contribution in [2.75, 3.05) is 19.5 Å². The first kappa shape index (κ1) is 19.2. The fourth-order valence-corrected chi connectivity index (χ4v) is 4.10. The maximum Gasteiger partial charge on any atom is 0.404 e. The van der Waals surface area contributed by atoms with E-state index < -0.39 is 12.1 Å². The van der Waals surface area contributed by atoms with Crippen molar-refractivity contribution >= 4 is 23.6 Å². The predicted octanol–water partition coefficient (Wildman–Crippen LogP) is 3.25. The van der Waals surface area contributed by atoms with E-state index in [1.807, 2.05) is 24.3 Å². The number of carboxylic acid groups (broad SMARTS) is 1. The first-order chi connectivity index (χ1) is 13.0. The van der Waals surface area contributed by atoms with Crippen LogP contribution in [0.2, 0.25) is 0 Å². The molecule has 0 radical (unpaired) electrons. The summed E-state index contributed by atoms with van der Waals surface area (Å²) in [6, 6.07) is 15.8. The number of halogens is 1. The van der Waals surface area contributed by atoms with E-state index in [4.69, 9.17) is 11.6 Å². The Kier molecular flexibility index (Phi) is 6.01. The van der Waals surface area contributed by atoms with Gasteiger partial charge in [0.25, 0.3) is 0 Å². The van der Waals surface area contributed by atoms with Gasteiger partial charge in [-0.25, -0.2) is 4.79 Å². The average Bonchev–Trinajstić information content (AvgIpc) is 2.83. The molecule has 142 valence electrons. The number of hydrogen-bond acceptors (Lipinski definition) is 2. The standard InChI is InChI=1S/C21H23ClN2O3/c1-24(19(25)12-22)13-18(23-21(26)27)20-16-8-4-2-6-14(16)10-11-15-7-3-5-9-17(15)20/h2-9,18,20,23H,10-13H2,1H3,(H,26,27). The normalized spacial score (nSPS) is 14.4. The minimum atomic E-state index is -1.11. The number of hydrogen-bond donors (Lipinski definition) is 2. The molecule has 5 nitrogen and oxygen atoms in total. The summed E-state index contributed by atoms with van der Waals surface area (Å²) in [6.45, 7) is 0.241. The minimum absolute atomic E-state index is 0.131. The van der Waals surface area contributed by atoms with Crippen molar-refractivity contribution in [1.82, 2.24) is 10.2 Å². The zero-order chi connectivity index (χ0) is 19.4. The Morgan fingerprint density at radius 1 is 1.11 bits per heavy atom. The van der Waals surface area contributed by atoms with Gasteiger partial charge in [-0.05, 0) is 35.1 Å². The van der Waals surface area contributed by atoms with E-state index in [1.165, 1.54) is 16.0 Å². The summed E-state index contributed by atoms with van der Waals surface area (Å²) in [6.07, 6.45) is 0.700. The Morgan fingerprint density at radius 2 is 1.63 bits per heavy atom. The number of rotatable bonds is 5. The Hall–Kier alpha value is -2.53. The third kappa shape index (κ3) is 4.25. The van der Waals surface area contributed by atoms with Crippen LogP contribution in [0.5, 0.6) is 0 Å². The summed E-state index contributed by atoms with van der Waals surface area (Å²) in [5.41, 5.74) is 4.63. The number of likely N-dealkylation sites (N-methyl/N-ethyl adjacent to an activating group) is 1. The van der Waals surface area contributed by atoms with Crippen LogP contribution in [0.25, 0.3) is 0 Å². The van der Waals surface area contributed by atoms with Gasteiger partial charge in [0, 0.05) is 19.5 Å². The summed E-state index contributed by atoms with van der Waals surface area (Å²) in [7, 11) is 1.65. The predicted molar refractivity (Wildman–Crippen MR) is 105 cm³/mol. The van der Waals surface area contributed by atoms with Gasteiger partial charge in [0.05, 0.1) is 6.04 Å². The highest BCUT2D eigenvalue weighted by molar-refractivity contribution is 6.27. The lowest BCUT2D eigenvalue weighted by molar-refractivity contribution is -0.127. The smallest absolute Gasteiger partial charge is 0.404 e. The van der Waals surface area contributed by atoms with Crippen LogP contribution in [0.1, 0.15) is 28.2 Å². The monoisotopic (exact) mass is 386 g/mol. The van der Waals surface area contributed by atoms with Crippen molar-refractivity contribution < 1.29 is 14.7 Å². The number of carbonyl (C=O) groups is 2. The number of benzene rings is 2. The van der Waals surface area contributed by atoms with Crippen LogP contribution in [0.3, 0.4) is 0 Å². The summed E-state index contributed by atoms with van der Waals surface area (Å²) in [5, 5.41) is 12.1. The molecule has 6 heteroatoms. The zero-order valence-electron chi connectivity index (χ0n) is 15.2. The molecule has 1 aliphatic rings. The first-order valence-electron chi connectivity index (χ1n) is 8.96. The second kappa shape index (κ2) is 8.44. The third-order valence-electron chi connectivity index (χ3n) is 5.17. The van der Waals surface area contributed by atoms with Gasteiger partial charge in [0.1, 0.15) is 5.88 Å². The molecule has 0 fully saturated rings. The molecule has 1 atom stereocenters. The van der Waals surface area contributed by atoms with E-state index in [2.05, 4.69) is 29.6 Å². The molecule has 0 bridgehead atoms. The lowest BCUT2D eigenvalue weighted by Gasteiger charge is -2.32. The SMILES string of the molecule is CN(CC(NC(=O)O)C1c2ccccc2CCc2ccccc21)C(=O)CCl. The Morgan fingerprint density at radius 3 is 2.11 bits per heavy atom. The van der Waals surface area contributed by atoms with Crippen molar-refractivity contribution in [3.05, 3.63) is 70.8 Å². The molecule has 2 amide bonds. The van der Waals surface area contributed by atoms with Crippen molar-refractivity contribution in [3.63, 3.8) is 0 Å². The fourth-order valence-electron chi connectivity index (χ4n) is 3.89. The molecule has 2 aromatic carbocycles. The van der Waals surface area contributed by atoms with E-state index in [9.17, 15) is 14.7 Å². The summed E-state index contributed by atoms with van der Waals surface area (Å²) < 4.78 is 0. The van der Waals surface area contributed by atoms with Crippen LogP contribution >= 0.6 is 11.6 Å². The van der Waals surface area contributed by atoms with Crippen molar-refractivity contribution in [1.29, 1.82) is 0 Å². The van der Waals surface area contributed by atoms with Crippen molar-refractivity contribution in [2.24, 2.45) is 0 Å². The molecule has 0 saturated carbocycles. The summed E-state index contributed by atoms with van der Waals surface area (Å²) >= 11 is 5.68. The van der Waals surface area contributed by atoms with E-state index in [1.54, 1.807) is 7.05 Å². The van der Waals surface area contributed by atoms with Gasteiger partial charge < -0.3 is 15.3 Å². The lowest BCUT2D eigenvalue weighted by atomic mass is 9.82. The number of alkyl halides is 1. The van der Waals surface area contributed by atoms with Crippen LogP contribution in [-0.2, 0) is 17.6 Å². The molecule has 2 N–H and O–H groups in total. The largest absolute Gasteiger partial charge is 0.465 e. The van der Waals surface area contributed by atoms with E-state index in [0.29, 0.717) is 0 Å². The summed E-state index contributed by atoms with van der Waals surface area (Å²) in [4.78, 5) is 25.0. The number of amides is 2. The van der Waals surface area contributed by atoms with E-state index in [0.717, 1.165) is 24.0 Å². The van der Waals surface area contributed by atoms with Crippen molar-refractivity contribution in [3.8, 4) is 0 Å². The molecule has 0 spiro atoms. The number of nitrogens with one attached hydrogen (secondary N) is 1. The van der Waals surface area contributed by atoms with Crippen LogP contribution in [0, 0.1) is 0 Å². The van der Waals surface area contributed by atoms with E-state index >= 15 is 0 Å². The number of nitrogens with zero attached hydrogens (tertiary/aromatic N) is 1. The van der Waals surface area contributed by atoms with Gasteiger partial charge in [0.15, 0.2) is 0 Å². The Labute approximate surface area is 163 Å². The minimum Gasteiger partial charge on any atom is -0.465 e. The number of fused-ring (bicyclic) bond motifs is 2. The fraction of sp³-hybridized carbons (Fsp3) is 0.333. The molecule has 27 heavy (non-hydrogen) atoms. The van der Waals surface area contributed by atoms with Crippen LogP contribution < -0.4 is 5.32 Å². The van der Waals surface area contributed by atoms with Crippen LogP contribution in [0.4, 0.5) is 4.79 Å². The van der Waals surface area contributed by atoms with Crippen LogP contribution in [0.15, 0.2) is 48.5 Å². The average molecular weight is 387 g/mol. The summed E-state index contributed by atoms with van der Waals surface area (Å²) in [5.74, 6) is -0.542. The molecule has 1 aliphatic carbocycles. The van der Waals surface area contributed by atoms with Gasteiger partial charge in [-0.15, -0.1) is 11.6 Å². The molecular formula is C21H23ClN2O3. The second-order valence-corrected chi connectivity index (χ2v) is 7.11. The number of aryl methyl sites for hydroxylation is 2. The maximum absolute atomic E-state index is 12.0. The third-order valence-corrected chi connectivity index (χ3v) is 5.39. The Bertz CT molecular complexity index is 792. The quantitative estimate of drug-likeness (QED) is 0.775. The number of carbonyl (C=O) groups excluding carboxylic acids is 1. The zero-order valence-corrected chi connectivity index (χ0v) is 15.9. The highest BCUT2D eigenvalue weighted by Crippen LogP contribution is 2.36. The van der Waals surface area contributed by atoms with E-state index in [-0.39, 0.29) is 24.2 Å². The molecule has 0 aromatic heterocycles. The lowest BCUT2D eigenvalue weighted by Crippen LogP contribution is -2.48. The van der Waals surface area contributed by atoms with Gasteiger partial charge >= 0.3 is 6.09 Å².